The Bertz CT molecular complexity index is 710. The molecule has 2 heterocycles. The Balaban J connectivity index is 1.66. The fourth-order valence-corrected chi connectivity index (χ4v) is 3.87. The van der Waals surface area contributed by atoms with Gasteiger partial charge < -0.3 is 9.47 Å². The molecule has 0 saturated carbocycles. The molecular formula is C18H24N4OS. The molecule has 1 fully saturated rings. The van der Waals surface area contributed by atoms with Gasteiger partial charge in [0.1, 0.15) is 0 Å². The van der Waals surface area contributed by atoms with E-state index in [9.17, 15) is 4.79 Å². The van der Waals surface area contributed by atoms with E-state index in [1.165, 1.54) is 23.7 Å². The number of hydrogen-bond acceptors (Lipinski definition) is 4. The van der Waals surface area contributed by atoms with E-state index in [1.807, 2.05) is 28.6 Å². The van der Waals surface area contributed by atoms with Crippen LogP contribution >= 0.6 is 11.8 Å². The number of rotatable bonds is 4. The Morgan fingerprint density at radius 3 is 2.71 bits per heavy atom. The first-order valence-corrected chi connectivity index (χ1v) is 9.43. The largest absolute Gasteiger partial charge is 0.339 e. The van der Waals surface area contributed by atoms with Gasteiger partial charge in [0, 0.05) is 25.2 Å². The van der Waals surface area contributed by atoms with E-state index in [0.29, 0.717) is 11.8 Å². The lowest BCUT2D eigenvalue weighted by Gasteiger charge is -2.33. The number of hydrogen-bond donors (Lipinski definition) is 0. The van der Waals surface area contributed by atoms with Gasteiger partial charge in [-0.1, -0.05) is 41.6 Å². The maximum Gasteiger partial charge on any atom is 0.233 e. The average Bonchev–Trinajstić information content (AvgIpc) is 2.95. The van der Waals surface area contributed by atoms with Gasteiger partial charge in [-0.25, -0.2) is 0 Å². The van der Waals surface area contributed by atoms with E-state index in [1.54, 1.807) is 0 Å². The number of benzene rings is 1. The van der Waals surface area contributed by atoms with E-state index in [2.05, 4.69) is 36.2 Å². The first-order valence-electron chi connectivity index (χ1n) is 8.45. The van der Waals surface area contributed by atoms with Crippen molar-refractivity contribution in [2.75, 3.05) is 12.3 Å². The van der Waals surface area contributed by atoms with Crippen LogP contribution in [0, 0.1) is 6.92 Å². The topological polar surface area (TPSA) is 51.0 Å². The number of carbonyl (C=O) groups excluding carboxylic acids is 1. The Morgan fingerprint density at radius 1 is 1.25 bits per heavy atom. The zero-order valence-electron chi connectivity index (χ0n) is 14.5. The summed E-state index contributed by atoms with van der Waals surface area (Å²) in [4.78, 5) is 14.5. The number of piperidine rings is 1. The lowest BCUT2D eigenvalue weighted by molar-refractivity contribution is -0.131. The zero-order valence-corrected chi connectivity index (χ0v) is 15.3. The van der Waals surface area contributed by atoms with Crippen LogP contribution in [0.1, 0.15) is 31.7 Å². The van der Waals surface area contributed by atoms with Crippen molar-refractivity contribution in [3.63, 3.8) is 0 Å². The molecule has 1 saturated heterocycles. The highest BCUT2D eigenvalue weighted by atomic mass is 32.2. The van der Waals surface area contributed by atoms with Crippen LogP contribution in [0.5, 0.6) is 0 Å². The van der Waals surface area contributed by atoms with Crippen molar-refractivity contribution in [2.45, 2.75) is 44.3 Å². The number of carbonyl (C=O) groups is 1. The highest BCUT2D eigenvalue weighted by Gasteiger charge is 2.23. The first kappa shape index (κ1) is 17.0. The van der Waals surface area contributed by atoms with E-state index in [-0.39, 0.29) is 5.91 Å². The molecule has 3 rings (SSSR count). The molecule has 1 amide bonds. The SMILES string of the molecule is Cc1ccc(-c2nnc(SCC(=O)N3CCCC[C@H]3C)n2C)cc1. The van der Waals surface area contributed by atoms with Crippen LogP contribution in [0.3, 0.4) is 0 Å². The van der Waals surface area contributed by atoms with Crippen LogP contribution in [0.2, 0.25) is 0 Å². The summed E-state index contributed by atoms with van der Waals surface area (Å²) in [6, 6.07) is 8.59. The Kier molecular flexibility index (Phi) is 5.23. The van der Waals surface area contributed by atoms with Gasteiger partial charge in [-0.05, 0) is 33.1 Å². The Labute approximate surface area is 147 Å². The molecule has 24 heavy (non-hydrogen) atoms. The molecular weight excluding hydrogens is 320 g/mol. The fraction of sp³-hybridized carbons (Fsp3) is 0.500. The molecule has 1 aliphatic rings. The van der Waals surface area contributed by atoms with Crippen molar-refractivity contribution in [3.8, 4) is 11.4 Å². The summed E-state index contributed by atoms with van der Waals surface area (Å²) in [6.45, 7) is 5.09. The van der Waals surface area contributed by atoms with Crippen molar-refractivity contribution < 1.29 is 4.79 Å². The van der Waals surface area contributed by atoms with Crippen molar-refractivity contribution >= 4 is 17.7 Å². The molecule has 128 valence electrons. The molecule has 0 unspecified atom stereocenters. The van der Waals surface area contributed by atoms with Gasteiger partial charge in [0.15, 0.2) is 11.0 Å². The van der Waals surface area contributed by atoms with E-state index >= 15 is 0 Å². The molecule has 0 radical (unpaired) electrons. The third-order valence-corrected chi connectivity index (χ3v) is 5.60. The minimum Gasteiger partial charge on any atom is -0.339 e. The molecule has 1 aliphatic heterocycles. The minimum absolute atomic E-state index is 0.201. The quantitative estimate of drug-likeness (QED) is 0.799. The summed E-state index contributed by atoms with van der Waals surface area (Å²) in [5.74, 6) is 1.45. The van der Waals surface area contributed by atoms with Crippen LogP contribution in [0.15, 0.2) is 29.4 Å². The number of aryl methyl sites for hydroxylation is 1. The zero-order chi connectivity index (χ0) is 17.1. The molecule has 0 spiro atoms. The van der Waals surface area contributed by atoms with Gasteiger partial charge >= 0.3 is 0 Å². The summed E-state index contributed by atoms with van der Waals surface area (Å²) in [5, 5.41) is 9.33. The minimum atomic E-state index is 0.201. The van der Waals surface area contributed by atoms with Crippen LogP contribution in [0.25, 0.3) is 11.4 Å². The second-order valence-corrected chi connectivity index (χ2v) is 7.39. The average molecular weight is 344 g/mol. The second kappa shape index (κ2) is 7.38. The lowest BCUT2D eigenvalue weighted by Crippen LogP contribution is -2.42. The van der Waals surface area contributed by atoms with Gasteiger partial charge in [-0.2, -0.15) is 0 Å². The van der Waals surface area contributed by atoms with Crippen molar-refractivity contribution in [2.24, 2.45) is 7.05 Å². The van der Waals surface area contributed by atoms with Gasteiger partial charge in [0.25, 0.3) is 0 Å². The van der Waals surface area contributed by atoms with Crippen LogP contribution in [-0.4, -0.2) is 43.9 Å². The maximum absolute atomic E-state index is 12.5. The maximum atomic E-state index is 12.5. The van der Waals surface area contributed by atoms with Crippen molar-refractivity contribution in [1.29, 1.82) is 0 Å². The standard InChI is InChI=1S/C18H24N4OS/c1-13-7-9-15(10-8-13)17-19-20-18(21(17)3)24-12-16(23)22-11-5-4-6-14(22)2/h7-10,14H,4-6,11-12H2,1-3H3/t14-/m1/s1. The molecule has 0 aliphatic carbocycles. The monoisotopic (exact) mass is 344 g/mol. The molecule has 0 N–H and O–H groups in total. The summed E-state index contributed by atoms with van der Waals surface area (Å²) in [6.07, 6.45) is 3.45. The first-order chi connectivity index (χ1) is 11.6. The van der Waals surface area contributed by atoms with Gasteiger partial charge in [0.05, 0.1) is 5.75 Å². The second-order valence-electron chi connectivity index (χ2n) is 6.45. The lowest BCUT2D eigenvalue weighted by atomic mass is 10.0. The molecule has 5 nitrogen and oxygen atoms in total. The Morgan fingerprint density at radius 2 is 2.00 bits per heavy atom. The number of aromatic nitrogens is 3. The van der Waals surface area contributed by atoms with E-state index in [4.69, 9.17) is 0 Å². The van der Waals surface area contributed by atoms with Crippen LogP contribution < -0.4 is 0 Å². The number of amides is 1. The van der Waals surface area contributed by atoms with E-state index in [0.717, 1.165) is 35.9 Å². The third-order valence-electron chi connectivity index (χ3n) is 4.59. The summed E-state index contributed by atoms with van der Waals surface area (Å²) in [5.41, 5.74) is 2.26. The van der Waals surface area contributed by atoms with Gasteiger partial charge in [-0.15, -0.1) is 10.2 Å². The van der Waals surface area contributed by atoms with Gasteiger partial charge in [-0.3, -0.25) is 4.79 Å². The summed E-state index contributed by atoms with van der Waals surface area (Å²) < 4.78 is 1.96. The smallest absolute Gasteiger partial charge is 0.233 e. The predicted octanol–water partition coefficient (Wildman–Crippen LogP) is 3.28. The summed E-state index contributed by atoms with van der Waals surface area (Å²) in [7, 11) is 1.95. The van der Waals surface area contributed by atoms with Crippen molar-refractivity contribution in [1.82, 2.24) is 19.7 Å². The third kappa shape index (κ3) is 3.64. The molecule has 1 atom stereocenters. The normalized spacial score (nSPS) is 18.0. The number of nitrogens with zero attached hydrogens (tertiary/aromatic N) is 4. The number of thioether (sulfide) groups is 1. The molecule has 0 bridgehead atoms. The fourth-order valence-electron chi connectivity index (χ4n) is 3.07. The van der Waals surface area contributed by atoms with Crippen molar-refractivity contribution in [3.05, 3.63) is 29.8 Å². The number of likely N-dealkylation sites (tertiary alicyclic amines) is 1. The van der Waals surface area contributed by atoms with E-state index < -0.39 is 0 Å². The predicted molar refractivity (Wildman–Crippen MR) is 96.9 cm³/mol. The van der Waals surface area contributed by atoms with Crippen LogP contribution in [-0.2, 0) is 11.8 Å². The van der Waals surface area contributed by atoms with Gasteiger partial charge in [0.2, 0.25) is 5.91 Å². The molecule has 1 aromatic heterocycles. The highest BCUT2D eigenvalue weighted by Crippen LogP contribution is 2.24. The summed E-state index contributed by atoms with van der Waals surface area (Å²) >= 11 is 1.47. The highest BCUT2D eigenvalue weighted by molar-refractivity contribution is 7.99. The molecule has 6 heteroatoms. The Hall–Kier alpha value is -1.82. The van der Waals surface area contributed by atoms with Crippen LogP contribution in [0.4, 0.5) is 0 Å². The molecule has 2 aromatic rings. The molecule has 1 aromatic carbocycles.